The normalized spacial score (nSPS) is 20.7. The summed E-state index contributed by atoms with van der Waals surface area (Å²) in [6.45, 7) is 32.6. The van der Waals surface area contributed by atoms with Crippen molar-refractivity contribution in [2.75, 3.05) is 37.4 Å². The topological polar surface area (TPSA) is 0 Å². The summed E-state index contributed by atoms with van der Waals surface area (Å²) in [5.41, 5.74) is 0. The van der Waals surface area contributed by atoms with E-state index in [0.717, 1.165) is 0 Å². The highest BCUT2D eigenvalue weighted by Crippen LogP contribution is 2.56. The van der Waals surface area contributed by atoms with Gasteiger partial charge in [0.25, 0.3) is 0 Å². The second kappa shape index (κ2) is 8.46. The van der Waals surface area contributed by atoms with E-state index in [-0.39, 0.29) is 23.8 Å². The second-order valence-electron chi connectivity index (χ2n) is 10.9. The highest BCUT2D eigenvalue weighted by molar-refractivity contribution is 7.68. The zero-order chi connectivity index (χ0) is 18.9. The summed E-state index contributed by atoms with van der Waals surface area (Å²) in [5, 5.41) is 1.54. The van der Waals surface area contributed by atoms with Crippen molar-refractivity contribution in [1.82, 2.24) is 0 Å². The van der Waals surface area contributed by atoms with Crippen LogP contribution in [0.4, 0.5) is 0 Å². The molecule has 2 unspecified atom stereocenters. The minimum atomic E-state index is -1.18. The van der Waals surface area contributed by atoms with Gasteiger partial charge in [0.05, 0.1) is 8.07 Å². The van der Waals surface area contributed by atoms with Crippen LogP contribution in [0.5, 0.6) is 0 Å². The first kappa shape index (κ1) is 24.5. The molecule has 0 fully saturated rings. The lowest BCUT2D eigenvalue weighted by atomic mass is 10.3. The summed E-state index contributed by atoms with van der Waals surface area (Å²) < 4.78 is 0. The largest absolute Gasteiger partial charge is 0.107 e. The molecule has 0 saturated heterocycles. The Labute approximate surface area is 153 Å². The van der Waals surface area contributed by atoms with Crippen molar-refractivity contribution in [3.05, 3.63) is 0 Å². The highest BCUT2D eigenvalue weighted by Gasteiger charge is 2.39. The van der Waals surface area contributed by atoms with Crippen LogP contribution in [0.2, 0.25) is 6.55 Å². The fourth-order valence-corrected chi connectivity index (χ4v) is 25.9. The lowest BCUT2D eigenvalue weighted by molar-refractivity contribution is 0.784. The van der Waals surface area contributed by atoms with Crippen molar-refractivity contribution in [3.63, 3.8) is 0 Å². The minimum absolute atomic E-state index is 0.140. The summed E-state index contributed by atoms with van der Waals surface area (Å²) in [6.07, 6.45) is 0. The highest BCUT2D eigenvalue weighted by atomic mass is 31.1. The van der Waals surface area contributed by atoms with Crippen molar-refractivity contribution < 1.29 is 0 Å². The van der Waals surface area contributed by atoms with E-state index < -0.39 is 8.07 Å². The molecule has 0 aliphatic rings. The molecule has 0 aromatic rings. The monoisotopic (exact) mass is 394 g/mol. The van der Waals surface area contributed by atoms with Gasteiger partial charge in [-0.25, -0.2) is 0 Å². The van der Waals surface area contributed by atoms with Gasteiger partial charge < -0.3 is 0 Å². The Morgan fingerprint density at radius 3 is 0.826 bits per heavy atom. The molecule has 4 heteroatoms. The molecule has 0 aliphatic heterocycles. The van der Waals surface area contributed by atoms with Gasteiger partial charge >= 0.3 is 0 Å². The summed E-state index contributed by atoms with van der Waals surface area (Å²) in [6, 6.07) is 0. The molecule has 0 aliphatic carbocycles. The fraction of sp³-hybridized carbons (Fsp3) is 1.00. The van der Waals surface area contributed by atoms with E-state index >= 15 is 0 Å². The van der Waals surface area contributed by atoms with Gasteiger partial charge in [-0.2, -0.15) is 0 Å². The van der Waals surface area contributed by atoms with Gasteiger partial charge in [-0.1, -0.05) is 68.9 Å². The predicted molar refractivity (Wildman–Crippen MR) is 124 cm³/mol. The lowest BCUT2D eigenvalue weighted by Crippen LogP contribution is -2.46. The van der Waals surface area contributed by atoms with E-state index in [1.807, 2.05) is 0 Å². The summed E-state index contributed by atoms with van der Waals surface area (Å²) in [5.74, 6) is 4.74. The quantitative estimate of drug-likeness (QED) is 0.325. The Morgan fingerprint density at radius 2 is 0.696 bits per heavy atom. The Morgan fingerprint density at radius 1 is 0.522 bits per heavy atom. The van der Waals surface area contributed by atoms with Gasteiger partial charge in [-0.05, 0) is 52.8 Å². The minimum Gasteiger partial charge on any atom is -0.107 e. The molecule has 0 aromatic carbocycles. The van der Waals surface area contributed by atoms with Crippen LogP contribution >= 0.6 is 23.8 Å². The maximum atomic E-state index is 2.76. The molecule has 3 atom stereocenters. The van der Waals surface area contributed by atoms with Gasteiger partial charge in [0.2, 0.25) is 0 Å². The Hall–Kier alpha value is 1.51. The van der Waals surface area contributed by atoms with Crippen molar-refractivity contribution >= 4 is 31.8 Å². The maximum absolute atomic E-state index is 2.76. The van der Waals surface area contributed by atoms with Gasteiger partial charge in [-0.3, -0.25) is 0 Å². The third kappa shape index (κ3) is 9.13. The van der Waals surface area contributed by atoms with Crippen molar-refractivity contribution in [1.29, 1.82) is 0 Å². The number of rotatable bonds is 6. The molecule has 0 nitrogen and oxygen atoms in total. The third-order valence-electron chi connectivity index (χ3n) is 5.29. The molecule has 0 rings (SSSR count). The first-order valence-electron chi connectivity index (χ1n) is 9.02. The van der Waals surface area contributed by atoms with Gasteiger partial charge in [0.15, 0.2) is 0 Å². The van der Waals surface area contributed by atoms with Crippen LogP contribution in [-0.4, -0.2) is 60.9 Å². The smallest absolute Gasteiger partial charge is 0.0633 e. The average Bonchev–Trinajstić information content (AvgIpc) is 2.23. The van der Waals surface area contributed by atoms with Crippen LogP contribution in [0.15, 0.2) is 0 Å². The molecular formula is C19H45P3Si. The number of hydrogen-bond donors (Lipinski definition) is 0. The molecule has 0 radical (unpaired) electrons. The van der Waals surface area contributed by atoms with Crippen LogP contribution in [-0.2, 0) is 0 Å². The van der Waals surface area contributed by atoms with Gasteiger partial charge in [-0.15, -0.1) is 23.8 Å². The summed E-state index contributed by atoms with van der Waals surface area (Å²) in [4.78, 5) is 0. The Bertz CT molecular complexity index is 305. The standard InChI is InChI=1S/C19H45P3Si/c1-17(2,3)20(10)14-23(13,15-21(11)18(4,5)6)16-22(12)19(7,8)9/h14-16H2,1-13H3/t20-,21?,22?,23?/m1/s1. The zero-order valence-electron chi connectivity index (χ0n) is 18.5. The molecule has 0 heterocycles. The molecule has 0 N–H and O–H groups in total. The maximum Gasteiger partial charge on any atom is 0.0633 e. The van der Waals surface area contributed by atoms with Crippen LogP contribution in [0.3, 0.4) is 0 Å². The van der Waals surface area contributed by atoms with E-state index in [2.05, 4.69) is 88.9 Å². The van der Waals surface area contributed by atoms with Crippen LogP contribution < -0.4 is 0 Å². The van der Waals surface area contributed by atoms with Crippen LogP contribution in [0.25, 0.3) is 0 Å². The van der Waals surface area contributed by atoms with Gasteiger partial charge in [0.1, 0.15) is 0 Å². The van der Waals surface area contributed by atoms with E-state index in [1.165, 1.54) is 0 Å². The fourth-order valence-electron chi connectivity index (χ4n) is 2.58. The predicted octanol–water partition coefficient (Wildman–Crippen LogP) is 7.41. The van der Waals surface area contributed by atoms with E-state index in [4.69, 9.17) is 0 Å². The van der Waals surface area contributed by atoms with Crippen LogP contribution in [0, 0.1) is 0 Å². The molecule has 0 aromatic heterocycles. The molecule has 0 bridgehead atoms. The molecular weight excluding hydrogens is 349 g/mol. The lowest BCUT2D eigenvalue weighted by Gasteiger charge is -2.43. The Kier molecular flexibility index (Phi) is 9.02. The van der Waals surface area contributed by atoms with E-state index in [0.29, 0.717) is 15.5 Å². The Balaban J connectivity index is 5.35. The molecule has 0 spiro atoms. The SMILES string of the molecule is CP(C[Si](C)(CP(C)C(C)(C)C)C[P@@](C)C(C)(C)C)C(C)(C)C. The third-order valence-corrected chi connectivity index (χ3v) is 27.0. The second-order valence-corrected chi connectivity index (χ2v) is 26.5. The van der Waals surface area contributed by atoms with Crippen molar-refractivity contribution in [2.45, 2.75) is 84.3 Å². The van der Waals surface area contributed by atoms with Crippen molar-refractivity contribution in [2.24, 2.45) is 0 Å². The first-order chi connectivity index (χ1) is 9.88. The van der Waals surface area contributed by atoms with E-state index in [9.17, 15) is 0 Å². The van der Waals surface area contributed by atoms with Gasteiger partial charge in [0, 0.05) is 0 Å². The van der Waals surface area contributed by atoms with Crippen LogP contribution in [0.1, 0.15) is 62.3 Å². The summed E-state index contributed by atoms with van der Waals surface area (Å²) in [7, 11) is -0.762. The number of hydrogen-bond acceptors (Lipinski definition) is 0. The molecule has 0 amide bonds. The molecule has 0 saturated carbocycles. The molecule has 23 heavy (non-hydrogen) atoms. The molecule has 140 valence electrons. The first-order valence-corrected chi connectivity index (χ1v) is 18.1. The summed E-state index contributed by atoms with van der Waals surface area (Å²) >= 11 is 0. The van der Waals surface area contributed by atoms with E-state index in [1.54, 1.807) is 17.4 Å². The zero-order valence-corrected chi connectivity index (χ0v) is 22.1. The average molecular weight is 395 g/mol. The van der Waals surface area contributed by atoms with Crippen molar-refractivity contribution in [3.8, 4) is 0 Å².